The number of benzene rings is 1. The summed E-state index contributed by atoms with van der Waals surface area (Å²) in [5.41, 5.74) is 0.784. The Kier molecular flexibility index (Phi) is 3.46. The van der Waals surface area contributed by atoms with E-state index in [1.165, 1.54) is 17.7 Å². The molecule has 0 aliphatic carbocycles. The molecule has 0 saturated carbocycles. The SMILES string of the molecule is CCOC(=O)C(=O)c1cn(C(C)=O)c2ccccc12. The fraction of sp³-hybridized carbons (Fsp3) is 0.214. The second-order valence-electron chi connectivity index (χ2n) is 4.00. The number of rotatable bonds is 3. The van der Waals surface area contributed by atoms with Gasteiger partial charge in [-0.1, -0.05) is 18.2 Å². The smallest absolute Gasteiger partial charge is 0.379 e. The van der Waals surface area contributed by atoms with Crippen LogP contribution in [0, 0.1) is 0 Å². The lowest BCUT2D eigenvalue weighted by Crippen LogP contribution is -2.17. The molecule has 0 bridgehead atoms. The van der Waals surface area contributed by atoms with Gasteiger partial charge in [0, 0.05) is 18.5 Å². The van der Waals surface area contributed by atoms with Gasteiger partial charge in [-0.15, -0.1) is 0 Å². The van der Waals surface area contributed by atoms with E-state index >= 15 is 0 Å². The van der Waals surface area contributed by atoms with Crippen LogP contribution in [0.5, 0.6) is 0 Å². The molecule has 0 fully saturated rings. The molecule has 0 radical (unpaired) electrons. The third-order valence-corrected chi connectivity index (χ3v) is 2.76. The molecule has 0 aliphatic rings. The molecular weight excluding hydrogens is 246 g/mol. The number of esters is 1. The summed E-state index contributed by atoms with van der Waals surface area (Å²) < 4.78 is 6.04. The maximum Gasteiger partial charge on any atom is 0.379 e. The number of Topliss-reactive ketones (excluding diaryl/α,β-unsaturated/α-hetero) is 1. The topological polar surface area (TPSA) is 65.4 Å². The van der Waals surface area contributed by atoms with Crippen molar-refractivity contribution in [1.29, 1.82) is 0 Å². The minimum Gasteiger partial charge on any atom is -0.460 e. The maximum atomic E-state index is 12.0. The van der Waals surface area contributed by atoms with E-state index in [0.29, 0.717) is 10.9 Å². The predicted octanol–water partition coefficient (Wildman–Crippen LogP) is 2.05. The summed E-state index contributed by atoms with van der Waals surface area (Å²) in [4.78, 5) is 35.0. The van der Waals surface area contributed by atoms with Crippen molar-refractivity contribution in [3.05, 3.63) is 36.0 Å². The molecule has 1 heterocycles. The van der Waals surface area contributed by atoms with Gasteiger partial charge in [-0.05, 0) is 13.0 Å². The molecule has 0 N–H and O–H groups in total. The summed E-state index contributed by atoms with van der Waals surface area (Å²) in [6, 6.07) is 6.93. The third-order valence-electron chi connectivity index (χ3n) is 2.76. The molecule has 0 aliphatic heterocycles. The average Bonchev–Trinajstić information content (AvgIpc) is 2.78. The normalized spacial score (nSPS) is 10.4. The minimum absolute atomic E-state index is 0.135. The molecule has 98 valence electrons. The van der Waals surface area contributed by atoms with Crippen LogP contribution in [0.3, 0.4) is 0 Å². The number of ether oxygens (including phenoxy) is 1. The zero-order valence-electron chi connectivity index (χ0n) is 10.7. The Hall–Kier alpha value is -2.43. The Morgan fingerprint density at radius 2 is 1.89 bits per heavy atom. The van der Waals surface area contributed by atoms with Crippen LogP contribution in [0.25, 0.3) is 10.9 Å². The van der Waals surface area contributed by atoms with Crippen LogP contribution in [0.4, 0.5) is 0 Å². The predicted molar refractivity (Wildman–Crippen MR) is 69.2 cm³/mol. The van der Waals surface area contributed by atoms with Crippen molar-refractivity contribution in [3.63, 3.8) is 0 Å². The van der Waals surface area contributed by atoms with Gasteiger partial charge in [0.25, 0.3) is 5.78 Å². The number of hydrogen-bond donors (Lipinski definition) is 0. The quantitative estimate of drug-likeness (QED) is 0.480. The average molecular weight is 259 g/mol. The summed E-state index contributed by atoms with van der Waals surface area (Å²) in [6.45, 7) is 3.16. The van der Waals surface area contributed by atoms with Crippen molar-refractivity contribution >= 4 is 28.6 Å². The van der Waals surface area contributed by atoms with Crippen LogP contribution in [-0.2, 0) is 9.53 Å². The van der Waals surface area contributed by atoms with Crippen LogP contribution < -0.4 is 0 Å². The highest BCUT2D eigenvalue weighted by Crippen LogP contribution is 2.22. The summed E-state index contributed by atoms with van der Waals surface area (Å²) in [5.74, 6) is -1.87. The highest BCUT2D eigenvalue weighted by atomic mass is 16.5. The van der Waals surface area contributed by atoms with Gasteiger partial charge in [0.15, 0.2) is 0 Å². The van der Waals surface area contributed by atoms with Gasteiger partial charge < -0.3 is 4.74 Å². The van der Waals surface area contributed by atoms with Gasteiger partial charge in [0.1, 0.15) is 0 Å². The zero-order valence-corrected chi connectivity index (χ0v) is 10.7. The molecule has 2 rings (SSSR count). The molecule has 19 heavy (non-hydrogen) atoms. The van der Waals surface area contributed by atoms with E-state index in [0.717, 1.165) is 0 Å². The summed E-state index contributed by atoms with van der Waals surface area (Å²) in [6.07, 6.45) is 1.38. The molecule has 0 unspecified atom stereocenters. The van der Waals surface area contributed by atoms with E-state index in [2.05, 4.69) is 0 Å². The second-order valence-corrected chi connectivity index (χ2v) is 4.00. The molecule has 1 aromatic carbocycles. The lowest BCUT2D eigenvalue weighted by Gasteiger charge is -1.99. The Morgan fingerprint density at radius 3 is 2.53 bits per heavy atom. The van der Waals surface area contributed by atoms with Crippen LogP contribution in [0.15, 0.2) is 30.5 Å². The first-order chi connectivity index (χ1) is 9.06. The van der Waals surface area contributed by atoms with Gasteiger partial charge in [-0.25, -0.2) is 4.79 Å². The van der Waals surface area contributed by atoms with E-state index in [4.69, 9.17) is 4.74 Å². The molecule has 2 aromatic rings. The Bertz CT molecular complexity index is 669. The first-order valence-electron chi connectivity index (χ1n) is 5.88. The molecular formula is C14H13NO4. The van der Waals surface area contributed by atoms with Gasteiger partial charge in [0.05, 0.1) is 17.7 Å². The highest BCUT2D eigenvalue weighted by Gasteiger charge is 2.23. The number of aromatic nitrogens is 1. The maximum absolute atomic E-state index is 12.0. The van der Waals surface area contributed by atoms with Crippen LogP contribution >= 0.6 is 0 Å². The third kappa shape index (κ3) is 2.27. The fourth-order valence-corrected chi connectivity index (χ4v) is 1.93. The first-order valence-corrected chi connectivity index (χ1v) is 5.88. The van der Waals surface area contributed by atoms with E-state index in [1.807, 2.05) is 0 Å². The fourth-order valence-electron chi connectivity index (χ4n) is 1.93. The number of fused-ring (bicyclic) bond motifs is 1. The summed E-state index contributed by atoms with van der Waals surface area (Å²) >= 11 is 0. The minimum atomic E-state index is -0.908. The van der Waals surface area contributed by atoms with Crippen molar-refractivity contribution in [3.8, 4) is 0 Å². The summed E-state index contributed by atoms with van der Waals surface area (Å²) in [5, 5.41) is 0.566. The van der Waals surface area contributed by atoms with E-state index in [-0.39, 0.29) is 18.1 Å². The van der Waals surface area contributed by atoms with E-state index < -0.39 is 11.8 Å². The first kappa shape index (κ1) is 13.0. The van der Waals surface area contributed by atoms with Crippen molar-refractivity contribution in [2.75, 3.05) is 6.61 Å². The van der Waals surface area contributed by atoms with E-state index in [9.17, 15) is 14.4 Å². The van der Waals surface area contributed by atoms with Crippen molar-refractivity contribution < 1.29 is 19.1 Å². The van der Waals surface area contributed by atoms with Crippen LogP contribution in [-0.4, -0.2) is 28.8 Å². The molecule has 0 amide bonds. The van der Waals surface area contributed by atoms with Gasteiger partial charge in [-0.3, -0.25) is 14.2 Å². The number of nitrogens with zero attached hydrogens (tertiary/aromatic N) is 1. The lowest BCUT2D eigenvalue weighted by atomic mass is 10.1. The number of carbonyl (C=O) groups excluding carboxylic acids is 3. The van der Waals surface area contributed by atoms with Gasteiger partial charge in [0.2, 0.25) is 5.91 Å². The van der Waals surface area contributed by atoms with E-state index in [1.54, 1.807) is 31.2 Å². The molecule has 1 aromatic heterocycles. The Labute approximate surface area is 109 Å². The molecule has 0 saturated heterocycles. The largest absolute Gasteiger partial charge is 0.460 e. The van der Waals surface area contributed by atoms with Crippen LogP contribution in [0.1, 0.15) is 29.0 Å². The van der Waals surface area contributed by atoms with Crippen molar-refractivity contribution in [1.82, 2.24) is 4.57 Å². The summed E-state index contributed by atoms with van der Waals surface area (Å²) in [7, 11) is 0. The lowest BCUT2D eigenvalue weighted by molar-refractivity contribution is -0.137. The number of hydrogen-bond acceptors (Lipinski definition) is 4. The number of para-hydroxylation sites is 1. The standard InChI is InChI=1S/C14H13NO4/c1-3-19-14(18)13(17)11-8-15(9(2)16)12-7-5-4-6-10(11)12/h4-8H,3H2,1-2H3. The molecule has 0 spiro atoms. The number of carbonyl (C=O) groups is 3. The second kappa shape index (κ2) is 5.06. The molecule has 0 atom stereocenters. The Morgan fingerprint density at radius 1 is 1.21 bits per heavy atom. The van der Waals surface area contributed by atoms with Gasteiger partial charge in [-0.2, -0.15) is 0 Å². The highest BCUT2D eigenvalue weighted by molar-refractivity contribution is 6.43. The van der Waals surface area contributed by atoms with Crippen molar-refractivity contribution in [2.24, 2.45) is 0 Å². The van der Waals surface area contributed by atoms with Gasteiger partial charge >= 0.3 is 5.97 Å². The Balaban J connectivity index is 2.58. The van der Waals surface area contributed by atoms with Crippen molar-refractivity contribution in [2.45, 2.75) is 13.8 Å². The molecule has 5 nitrogen and oxygen atoms in total. The zero-order chi connectivity index (χ0) is 14.0. The molecule has 5 heteroatoms. The monoisotopic (exact) mass is 259 g/mol. The number of ketones is 1. The van der Waals surface area contributed by atoms with Crippen LogP contribution in [0.2, 0.25) is 0 Å².